The molecule has 0 radical (unpaired) electrons. The molecular weight excluding hydrogens is 446 g/mol. The van der Waals surface area contributed by atoms with E-state index in [1.54, 1.807) is 17.2 Å². The Morgan fingerprint density at radius 1 is 1.09 bits per heavy atom. The second kappa shape index (κ2) is 9.05. The molecule has 0 saturated heterocycles. The smallest absolute Gasteiger partial charge is 0.272 e. The Morgan fingerprint density at radius 2 is 1.91 bits per heavy atom. The molecule has 2 amide bonds. The second-order valence-corrected chi connectivity index (χ2v) is 9.28. The van der Waals surface area contributed by atoms with E-state index in [0.717, 1.165) is 23.5 Å². The highest BCUT2D eigenvalue weighted by Gasteiger charge is 2.36. The lowest BCUT2D eigenvalue weighted by atomic mass is 10.0. The van der Waals surface area contributed by atoms with Crippen molar-refractivity contribution in [3.8, 4) is 11.5 Å². The van der Waals surface area contributed by atoms with Crippen molar-refractivity contribution in [2.24, 2.45) is 5.92 Å². The van der Waals surface area contributed by atoms with E-state index < -0.39 is 6.10 Å². The van der Waals surface area contributed by atoms with Crippen LogP contribution in [0.2, 0.25) is 0 Å². The molecule has 180 valence electrons. The standard InChI is InChI=1S/C26H27N5O4/c32-25(28-13-18-5-3-4-11-27-18)24-19-15-30(12-10-20(19)31(29-24)14-17-8-9-17)26(33)23-16-34-21-6-1-2-7-22(21)35-23/h1-7,11,17,23H,8-10,12-16H2,(H,28,32)/t23-/m1/s1. The molecule has 9 nitrogen and oxygen atoms in total. The molecule has 3 aliphatic rings. The van der Waals surface area contributed by atoms with Crippen molar-refractivity contribution in [3.63, 3.8) is 0 Å². The summed E-state index contributed by atoms with van der Waals surface area (Å²) in [6.07, 6.45) is 4.03. The minimum absolute atomic E-state index is 0.139. The topological polar surface area (TPSA) is 98.6 Å². The molecule has 1 aliphatic carbocycles. The zero-order valence-corrected chi connectivity index (χ0v) is 19.4. The lowest BCUT2D eigenvalue weighted by Gasteiger charge is -2.33. The van der Waals surface area contributed by atoms with Gasteiger partial charge >= 0.3 is 0 Å². The number of carbonyl (C=O) groups is 2. The fraction of sp³-hybridized carbons (Fsp3) is 0.385. The summed E-state index contributed by atoms with van der Waals surface area (Å²) in [6.45, 7) is 2.18. The fourth-order valence-electron chi connectivity index (χ4n) is 4.66. The SMILES string of the molecule is O=C(NCc1ccccn1)c1nn(CC2CC2)c2c1CN(C(=O)[C@H]1COc3ccccc3O1)CC2. The van der Waals surface area contributed by atoms with Crippen LogP contribution in [0.3, 0.4) is 0 Å². The van der Waals surface area contributed by atoms with Crippen molar-refractivity contribution in [2.45, 2.75) is 45.0 Å². The summed E-state index contributed by atoms with van der Waals surface area (Å²) in [5, 5.41) is 7.65. The number of pyridine rings is 1. The third-order valence-electron chi connectivity index (χ3n) is 6.73. The van der Waals surface area contributed by atoms with Crippen LogP contribution in [-0.4, -0.2) is 50.7 Å². The second-order valence-electron chi connectivity index (χ2n) is 9.28. The Bertz CT molecular complexity index is 1250. The molecule has 3 aromatic rings. The van der Waals surface area contributed by atoms with Gasteiger partial charge in [-0.05, 0) is 43.0 Å². The zero-order chi connectivity index (χ0) is 23.8. The number of para-hydroxylation sites is 2. The summed E-state index contributed by atoms with van der Waals surface area (Å²) < 4.78 is 13.7. The number of rotatable bonds is 6. The summed E-state index contributed by atoms with van der Waals surface area (Å²) in [5.74, 6) is 1.45. The number of carbonyl (C=O) groups excluding carboxylic acids is 2. The summed E-state index contributed by atoms with van der Waals surface area (Å²) in [4.78, 5) is 32.5. The first-order valence-electron chi connectivity index (χ1n) is 12.1. The number of benzene rings is 1. The van der Waals surface area contributed by atoms with Gasteiger partial charge in [0.2, 0.25) is 6.10 Å². The number of hydrogen-bond acceptors (Lipinski definition) is 6. The Hall–Kier alpha value is -3.88. The van der Waals surface area contributed by atoms with Gasteiger partial charge in [0.1, 0.15) is 6.61 Å². The maximum Gasteiger partial charge on any atom is 0.272 e. The molecule has 2 aromatic heterocycles. The van der Waals surface area contributed by atoms with E-state index in [0.29, 0.717) is 49.2 Å². The summed E-state index contributed by atoms with van der Waals surface area (Å²) in [5.41, 5.74) is 3.04. The number of amides is 2. The summed E-state index contributed by atoms with van der Waals surface area (Å²) >= 11 is 0. The molecule has 1 fully saturated rings. The predicted octanol–water partition coefficient (Wildman–Crippen LogP) is 2.34. The van der Waals surface area contributed by atoms with E-state index in [2.05, 4.69) is 10.3 Å². The maximum atomic E-state index is 13.3. The average Bonchev–Trinajstić information content (AvgIpc) is 3.66. The van der Waals surface area contributed by atoms with Crippen LogP contribution in [0.4, 0.5) is 0 Å². The normalized spacial score (nSPS) is 18.6. The van der Waals surface area contributed by atoms with Gasteiger partial charge in [0.15, 0.2) is 17.2 Å². The van der Waals surface area contributed by atoms with Crippen LogP contribution >= 0.6 is 0 Å². The molecule has 35 heavy (non-hydrogen) atoms. The Kier molecular flexibility index (Phi) is 5.60. The van der Waals surface area contributed by atoms with Gasteiger partial charge in [-0.1, -0.05) is 18.2 Å². The number of ether oxygens (including phenoxy) is 2. The first-order valence-corrected chi connectivity index (χ1v) is 12.1. The molecule has 1 N–H and O–H groups in total. The molecular formula is C26H27N5O4. The number of fused-ring (bicyclic) bond motifs is 2. The Labute approximate surface area is 203 Å². The van der Waals surface area contributed by atoms with Crippen molar-refractivity contribution >= 4 is 11.8 Å². The number of nitrogens with zero attached hydrogens (tertiary/aromatic N) is 4. The van der Waals surface area contributed by atoms with E-state index in [1.165, 1.54) is 12.8 Å². The van der Waals surface area contributed by atoms with Crippen LogP contribution in [0, 0.1) is 5.92 Å². The molecule has 1 atom stereocenters. The van der Waals surface area contributed by atoms with Crippen LogP contribution < -0.4 is 14.8 Å². The zero-order valence-electron chi connectivity index (χ0n) is 19.4. The Balaban J connectivity index is 1.21. The van der Waals surface area contributed by atoms with Crippen LogP contribution in [0.15, 0.2) is 48.7 Å². The predicted molar refractivity (Wildman–Crippen MR) is 126 cm³/mol. The molecule has 1 saturated carbocycles. The van der Waals surface area contributed by atoms with Gasteiger partial charge in [0, 0.05) is 43.5 Å². The fourth-order valence-corrected chi connectivity index (χ4v) is 4.66. The van der Waals surface area contributed by atoms with E-state index in [4.69, 9.17) is 14.6 Å². The average molecular weight is 474 g/mol. The van der Waals surface area contributed by atoms with Crippen LogP contribution in [0.25, 0.3) is 0 Å². The van der Waals surface area contributed by atoms with Crippen LogP contribution in [0.5, 0.6) is 11.5 Å². The monoisotopic (exact) mass is 473 g/mol. The molecule has 0 bridgehead atoms. The van der Waals surface area contributed by atoms with E-state index in [9.17, 15) is 9.59 Å². The molecule has 2 aliphatic heterocycles. The number of nitrogens with one attached hydrogen (secondary N) is 1. The van der Waals surface area contributed by atoms with Gasteiger partial charge in [-0.2, -0.15) is 5.10 Å². The van der Waals surface area contributed by atoms with Gasteiger partial charge in [-0.15, -0.1) is 0 Å². The van der Waals surface area contributed by atoms with Gasteiger partial charge in [-0.3, -0.25) is 19.3 Å². The molecule has 4 heterocycles. The summed E-state index contributed by atoms with van der Waals surface area (Å²) in [7, 11) is 0. The van der Waals surface area contributed by atoms with E-state index in [1.807, 2.05) is 41.1 Å². The molecule has 0 unspecified atom stereocenters. The largest absolute Gasteiger partial charge is 0.485 e. The number of hydrogen-bond donors (Lipinski definition) is 1. The minimum atomic E-state index is -0.714. The van der Waals surface area contributed by atoms with Gasteiger partial charge in [0.25, 0.3) is 11.8 Å². The maximum absolute atomic E-state index is 13.3. The first-order chi connectivity index (χ1) is 17.2. The molecule has 1 aromatic carbocycles. The van der Waals surface area contributed by atoms with Crippen molar-refractivity contribution in [1.82, 2.24) is 25.0 Å². The highest BCUT2D eigenvalue weighted by Crippen LogP contribution is 2.34. The van der Waals surface area contributed by atoms with Crippen molar-refractivity contribution in [1.29, 1.82) is 0 Å². The Morgan fingerprint density at radius 3 is 2.71 bits per heavy atom. The molecule has 6 rings (SSSR count). The van der Waals surface area contributed by atoms with Crippen molar-refractivity contribution in [3.05, 3.63) is 71.3 Å². The van der Waals surface area contributed by atoms with Crippen LogP contribution in [0.1, 0.15) is 40.3 Å². The van der Waals surface area contributed by atoms with Crippen molar-refractivity contribution < 1.29 is 19.1 Å². The van der Waals surface area contributed by atoms with E-state index >= 15 is 0 Å². The van der Waals surface area contributed by atoms with Gasteiger partial charge in [-0.25, -0.2) is 0 Å². The lowest BCUT2D eigenvalue weighted by Crippen LogP contribution is -2.48. The van der Waals surface area contributed by atoms with Gasteiger partial charge < -0.3 is 19.7 Å². The molecule has 0 spiro atoms. The molecule has 9 heteroatoms. The van der Waals surface area contributed by atoms with Crippen molar-refractivity contribution in [2.75, 3.05) is 13.2 Å². The third kappa shape index (κ3) is 4.45. The van der Waals surface area contributed by atoms with E-state index in [-0.39, 0.29) is 18.4 Å². The minimum Gasteiger partial charge on any atom is -0.485 e. The lowest BCUT2D eigenvalue weighted by molar-refractivity contribution is -0.142. The van der Waals surface area contributed by atoms with Gasteiger partial charge in [0.05, 0.1) is 12.2 Å². The highest BCUT2D eigenvalue weighted by molar-refractivity contribution is 5.94. The highest BCUT2D eigenvalue weighted by atomic mass is 16.6. The number of aromatic nitrogens is 3. The third-order valence-corrected chi connectivity index (χ3v) is 6.73. The first kappa shape index (κ1) is 21.6. The quantitative estimate of drug-likeness (QED) is 0.590. The summed E-state index contributed by atoms with van der Waals surface area (Å²) in [6, 6.07) is 12.9. The van der Waals surface area contributed by atoms with Crippen LogP contribution in [-0.2, 0) is 30.8 Å².